The van der Waals surface area contributed by atoms with E-state index in [2.05, 4.69) is 41.3 Å². The number of aromatic nitrogens is 1. The number of benzene rings is 1. The van der Waals surface area contributed by atoms with Gasteiger partial charge in [0.25, 0.3) is 0 Å². The Kier molecular flexibility index (Phi) is 3.07. The number of nitrogens with zero attached hydrogens (tertiary/aromatic N) is 1. The maximum absolute atomic E-state index is 6.07. The zero-order chi connectivity index (χ0) is 14.6. The summed E-state index contributed by atoms with van der Waals surface area (Å²) in [7, 11) is 0. The average Bonchev–Trinajstić information content (AvgIpc) is 3.09. The smallest absolute Gasteiger partial charge is 0.0472 e. The quantitative estimate of drug-likeness (QED) is 0.892. The minimum Gasteiger partial charge on any atom is -0.361 e. The molecule has 0 saturated carbocycles. The molecule has 1 aromatic carbocycles. The Morgan fingerprint density at radius 1 is 1.33 bits per heavy atom. The highest BCUT2D eigenvalue weighted by atomic mass is 35.5. The molecule has 0 radical (unpaired) electrons. The molecule has 4 rings (SSSR count). The molecule has 2 aliphatic heterocycles. The lowest BCUT2D eigenvalue weighted by Crippen LogP contribution is -2.43. The van der Waals surface area contributed by atoms with E-state index in [0.29, 0.717) is 0 Å². The molecule has 0 spiro atoms. The first-order valence-corrected chi connectivity index (χ1v) is 8.15. The van der Waals surface area contributed by atoms with Crippen molar-refractivity contribution in [3.05, 3.63) is 35.0 Å². The number of rotatable bonds is 2. The van der Waals surface area contributed by atoms with Gasteiger partial charge in [0.15, 0.2) is 0 Å². The number of hydrogen-bond acceptors (Lipinski definition) is 2. The molecule has 112 valence electrons. The number of fused-ring (bicyclic) bond motifs is 2. The monoisotopic (exact) mass is 303 g/mol. The van der Waals surface area contributed by atoms with Gasteiger partial charge in [-0.05, 0) is 49.9 Å². The maximum atomic E-state index is 6.07. The molecular weight excluding hydrogens is 282 g/mol. The van der Waals surface area contributed by atoms with E-state index in [-0.39, 0.29) is 5.54 Å². The molecule has 2 aromatic rings. The lowest BCUT2D eigenvalue weighted by molar-refractivity contribution is 0.132. The lowest BCUT2D eigenvalue weighted by atomic mass is 9.85. The standard InChI is InChI=1S/C17H22ClN3/c1-17(2)15-8-19-6-12(15)10-21(17)9-11-7-20-16-5-13(18)3-4-14(11)16/h3-5,7,12,15,19-20H,6,8-10H2,1-2H3. The van der Waals surface area contributed by atoms with Crippen molar-refractivity contribution in [2.75, 3.05) is 19.6 Å². The molecule has 2 atom stereocenters. The first-order valence-electron chi connectivity index (χ1n) is 7.77. The molecule has 2 saturated heterocycles. The van der Waals surface area contributed by atoms with E-state index < -0.39 is 0 Å². The van der Waals surface area contributed by atoms with Crippen LogP contribution < -0.4 is 5.32 Å². The number of halogens is 1. The Bertz CT molecular complexity index is 676. The highest BCUT2D eigenvalue weighted by molar-refractivity contribution is 6.31. The van der Waals surface area contributed by atoms with Gasteiger partial charge in [0.05, 0.1) is 0 Å². The van der Waals surface area contributed by atoms with Crippen LogP contribution in [-0.4, -0.2) is 35.1 Å². The van der Waals surface area contributed by atoms with E-state index in [1.54, 1.807) is 0 Å². The maximum Gasteiger partial charge on any atom is 0.0472 e. The molecule has 2 fully saturated rings. The van der Waals surface area contributed by atoms with Crippen molar-refractivity contribution in [3.63, 3.8) is 0 Å². The molecule has 21 heavy (non-hydrogen) atoms. The second kappa shape index (κ2) is 4.73. The van der Waals surface area contributed by atoms with Crippen molar-refractivity contribution in [1.82, 2.24) is 15.2 Å². The summed E-state index contributed by atoms with van der Waals surface area (Å²) in [5, 5.41) is 5.63. The largest absolute Gasteiger partial charge is 0.361 e. The van der Waals surface area contributed by atoms with Crippen LogP contribution in [0.15, 0.2) is 24.4 Å². The summed E-state index contributed by atoms with van der Waals surface area (Å²) in [6.07, 6.45) is 2.14. The SMILES string of the molecule is CC1(C)C2CNCC2CN1Cc1c[nH]c2cc(Cl)ccc12. The number of hydrogen-bond donors (Lipinski definition) is 2. The molecular formula is C17H22ClN3. The van der Waals surface area contributed by atoms with Crippen LogP contribution in [0.4, 0.5) is 0 Å². The molecule has 0 bridgehead atoms. The predicted octanol–water partition coefficient (Wildman–Crippen LogP) is 3.25. The molecule has 0 aliphatic carbocycles. The first-order chi connectivity index (χ1) is 10.1. The fourth-order valence-corrected chi connectivity index (χ4v) is 4.44. The van der Waals surface area contributed by atoms with Gasteiger partial charge < -0.3 is 10.3 Å². The number of likely N-dealkylation sites (tertiary alicyclic amines) is 1. The Labute approximate surface area is 130 Å². The molecule has 2 aliphatic rings. The van der Waals surface area contributed by atoms with Crippen LogP contribution in [0.2, 0.25) is 5.02 Å². The van der Waals surface area contributed by atoms with Crippen molar-refractivity contribution < 1.29 is 0 Å². The zero-order valence-electron chi connectivity index (χ0n) is 12.6. The van der Waals surface area contributed by atoms with Gasteiger partial charge in [0.2, 0.25) is 0 Å². The van der Waals surface area contributed by atoms with Gasteiger partial charge in [0, 0.05) is 47.3 Å². The average molecular weight is 304 g/mol. The van der Waals surface area contributed by atoms with Crippen LogP contribution in [-0.2, 0) is 6.54 Å². The van der Waals surface area contributed by atoms with E-state index in [1.165, 1.54) is 24.0 Å². The third kappa shape index (κ3) is 2.10. The Hall–Kier alpha value is -1.03. The summed E-state index contributed by atoms with van der Waals surface area (Å²) in [5.41, 5.74) is 2.78. The van der Waals surface area contributed by atoms with Crippen LogP contribution in [0.5, 0.6) is 0 Å². The van der Waals surface area contributed by atoms with Gasteiger partial charge in [-0.2, -0.15) is 0 Å². The summed E-state index contributed by atoms with van der Waals surface area (Å²) in [5.74, 6) is 1.58. The van der Waals surface area contributed by atoms with Gasteiger partial charge in [0.1, 0.15) is 0 Å². The van der Waals surface area contributed by atoms with Crippen molar-refractivity contribution in [1.29, 1.82) is 0 Å². The second-order valence-electron chi connectivity index (χ2n) is 7.06. The molecule has 0 amide bonds. The summed E-state index contributed by atoms with van der Waals surface area (Å²) < 4.78 is 0. The predicted molar refractivity (Wildman–Crippen MR) is 87.6 cm³/mol. The van der Waals surface area contributed by atoms with Crippen molar-refractivity contribution in [2.24, 2.45) is 11.8 Å². The number of nitrogens with one attached hydrogen (secondary N) is 2. The van der Waals surface area contributed by atoms with Crippen LogP contribution in [0.3, 0.4) is 0 Å². The number of H-pyrrole nitrogens is 1. The zero-order valence-corrected chi connectivity index (χ0v) is 13.4. The van der Waals surface area contributed by atoms with E-state index in [9.17, 15) is 0 Å². The van der Waals surface area contributed by atoms with Crippen molar-refractivity contribution in [3.8, 4) is 0 Å². The van der Waals surface area contributed by atoms with Crippen molar-refractivity contribution in [2.45, 2.75) is 25.9 Å². The van der Waals surface area contributed by atoms with Gasteiger partial charge in [-0.15, -0.1) is 0 Å². The fraction of sp³-hybridized carbons (Fsp3) is 0.529. The Morgan fingerprint density at radius 3 is 3.00 bits per heavy atom. The molecule has 4 heteroatoms. The van der Waals surface area contributed by atoms with Gasteiger partial charge in [-0.1, -0.05) is 17.7 Å². The van der Waals surface area contributed by atoms with Gasteiger partial charge in [-0.25, -0.2) is 0 Å². The van der Waals surface area contributed by atoms with Crippen LogP contribution in [0, 0.1) is 11.8 Å². The molecule has 2 N–H and O–H groups in total. The van der Waals surface area contributed by atoms with Crippen molar-refractivity contribution >= 4 is 22.5 Å². The molecule has 3 nitrogen and oxygen atoms in total. The van der Waals surface area contributed by atoms with Crippen LogP contribution in [0.1, 0.15) is 19.4 Å². The third-order valence-corrected chi connectivity index (χ3v) is 5.84. The molecule has 2 unspecified atom stereocenters. The minimum atomic E-state index is 0.268. The topological polar surface area (TPSA) is 31.1 Å². The van der Waals surface area contributed by atoms with E-state index in [4.69, 9.17) is 11.6 Å². The normalized spacial score (nSPS) is 28.3. The number of aromatic amines is 1. The Morgan fingerprint density at radius 2 is 2.19 bits per heavy atom. The Balaban J connectivity index is 1.63. The fourth-order valence-electron chi connectivity index (χ4n) is 4.27. The third-order valence-electron chi connectivity index (χ3n) is 5.61. The van der Waals surface area contributed by atoms with Gasteiger partial charge in [-0.3, -0.25) is 4.90 Å². The summed E-state index contributed by atoms with van der Waals surface area (Å²) in [6, 6.07) is 6.12. The second-order valence-corrected chi connectivity index (χ2v) is 7.50. The lowest BCUT2D eigenvalue weighted by Gasteiger charge is -2.35. The van der Waals surface area contributed by atoms with Gasteiger partial charge >= 0.3 is 0 Å². The van der Waals surface area contributed by atoms with E-state index in [1.807, 2.05) is 12.1 Å². The first kappa shape index (κ1) is 13.6. The van der Waals surface area contributed by atoms with E-state index in [0.717, 1.165) is 35.5 Å². The highest BCUT2D eigenvalue weighted by Gasteiger charge is 2.49. The van der Waals surface area contributed by atoms with Crippen LogP contribution >= 0.6 is 11.6 Å². The molecule has 1 aromatic heterocycles. The summed E-state index contributed by atoms with van der Waals surface area (Å²) >= 11 is 6.07. The minimum absolute atomic E-state index is 0.268. The van der Waals surface area contributed by atoms with Crippen LogP contribution in [0.25, 0.3) is 10.9 Å². The summed E-state index contributed by atoms with van der Waals surface area (Å²) in [4.78, 5) is 6.01. The molecule has 3 heterocycles. The van der Waals surface area contributed by atoms with E-state index >= 15 is 0 Å². The highest BCUT2D eigenvalue weighted by Crippen LogP contribution is 2.41. The summed E-state index contributed by atoms with van der Waals surface area (Å²) in [6.45, 7) is 9.35.